The second-order valence-electron chi connectivity index (χ2n) is 5.59. The van der Waals surface area contributed by atoms with E-state index in [1.54, 1.807) is 13.0 Å². The topological polar surface area (TPSA) is 55.4 Å². The van der Waals surface area contributed by atoms with Crippen molar-refractivity contribution in [2.24, 2.45) is 5.92 Å². The van der Waals surface area contributed by atoms with Gasteiger partial charge in [0.25, 0.3) is 0 Å². The van der Waals surface area contributed by atoms with Crippen molar-refractivity contribution in [2.45, 2.75) is 32.2 Å². The summed E-state index contributed by atoms with van der Waals surface area (Å²) in [6.07, 6.45) is 5.10. The van der Waals surface area contributed by atoms with Gasteiger partial charge in [-0.1, -0.05) is 12.2 Å². The predicted octanol–water partition coefficient (Wildman–Crippen LogP) is 2.91. The van der Waals surface area contributed by atoms with E-state index < -0.39 is 0 Å². The molecule has 3 atom stereocenters. The van der Waals surface area contributed by atoms with Gasteiger partial charge >= 0.3 is 5.97 Å². The molecule has 4 heteroatoms. The fourth-order valence-electron chi connectivity index (χ4n) is 3.28. The Kier molecular flexibility index (Phi) is 3.53. The number of fused-ring (bicyclic) bond motifs is 3. The number of hydrogen-bond donors (Lipinski definition) is 1. The van der Waals surface area contributed by atoms with E-state index in [4.69, 9.17) is 4.74 Å². The summed E-state index contributed by atoms with van der Waals surface area (Å²) in [6, 6.07) is 5.32. The molecule has 0 amide bonds. The number of esters is 1. The molecule has 0 saturated heterocycles. The molecule has 0 fully saturated rings. The number of anilines is 1. The van der Waals surface area contributed by atoms with E-state index in [0.717, 1.165) is 17.7 Å². The minimum absolute atomic E-state index is 0.0591. The van der Waals surface area contributed by atoms with Gasteiger partial charge in [-0.25, -0.2) is 4.79 Å². The largest absolute Gasteiger partial charge is 0.464 e. The normalized spacial score (nSPS) is 25.7. The van der Waals surface area contributed by atoms with Crippen molar-refractivity contribution in [3.8, 4) is 0 Å². The standard InChI is InChI=1S/C17H19NO3/c1-3-21-17(20)16-13-6-4-5-12(13)14-9-11(10(2)19)7-8-15(14)18-16/h4-5,7-9,12-13,16,18H,3,6H2,1-2H3/t12-,13-,16+/m0/s1. The molecule has 21 heavy (non-hydrogen) atoms. The molecule has 4 nitrogen and oxygen atoms in total. The van der Waals surface area contributed by atoms with Gasteiger partial charge in [-0.2, -0.15) is 0 Å². The highest BCUT2D eigenvalue weighted by molar-refractivity contribution is 5.95. The number of allylic oxidation sites excluding steroid dienone is 2. The zero-order valence-corrected chi connectivity index (χ0v) is 12.3. The molecule has 1 aliphatic carbocycles. The summed E-state index contributed by atoms with van der Waals surface area (Å²) in [5, 5.41) is 3.29. The number of rotatable bonds is 3. The van der Waals surface area contributed by atoms with Gasteiger partial charge in [-0.3, -0.25) is 4.79 Å². The first-order chi connectivity index (χ1) is 10.1. The number of ether oxygens (including phenoxy) is 1. The number of carbonyl (C=O) groups excluding carboxylic acids is 2. The van der Waals surface area contributed by atoms with Crippen LogP contribution < -0.4 is 5.32 Å². The van der Waals surface area contributed by atoms with Gasteiger partial charge in [0.2, 0.25) is 0 Å². The summed E-state index contributed by atoms with van der Waals surface area (Å²) in [7, 11) is 0. The molecule has 1 aromatic carbocycles. The quantitative estimate of drug-likeness (QED) is 0.527. The summed E-state index contributed by atoms with van der Waals surface area (Å²) in [6.45, 7) is 3.78. The van der Waals surface area contributed by atoms with E-state index >= 15 is 0 Å². The average Bonchev–Trinajstić information content (AvgIpc) is 2.95. The fourth-order valence-corrected chi connectivity index (χ4v) is 3.28. The second kappa shape index (κ2) is 5.35. The molecule has 1 heterocycles. The molecule has 1 aliphatic heterocycles. The monoisotopic (exact) mass is 285 g/mol. The number of Topliss-reactive ketones (excluding diaryl/α,β-unsaturated/α-hetero) is 1. The van der Waals surface area contributed by atoms with Crippen LogP contribution in [0.25, 0.3) is 0 Å². The third-order valence-electron chi connectivity index (χ3n) is 4.31. The van der Waals surface area contributed by atoms with Crippen molar-refractivity contribution in [3.05, 3.63) is 41.5 Å². The summed E-state index contributed by atoms with van der Waals surface area (Å²) in [4.78, 5) is 23.7. The van der Waals surface area contributed by atoms with Gasteiger partial charge in [0.05, 0.1) is 6.61 Å². The lowest BCUT2D eigenvalue weighted by Gasteiger charge is -2.35. The van der Waals surface area contributed by atoms with E-state index in [0.29, 0.717) is 12.2 Å². The summed E-state index contributed by atoms with van der Waals surface area (Å²) >= 11 is 0. The van der Waals surface area contributed by atoms with Crippen LogP contribution in [0.3, 0.4) is 0 Å². The Morgan fingerprint density at radius 1 is 1.38 bits per heavy atom. The van der Waals surface area contributed by atoms with Crippen LogP contribution in [-0.4, -0.2) is 24.4 Å². The summed E-state index contributed by atoms with van der Waals surface area (Å²) < 4.78 is 5.18. The molecule has 0 radical (unpaired) electrons. The third-order valence-corrected chi connectivity index (χ3v) is 4.31. The number of ketones is 1. The molecule has 0 unspecified atom stereocenters. The highest BCUT2D eigenvalue weighted by atomic mass is 16.5. The highest BCUT2D eigenvalue weighted by Crippen LogP contribution is 2.45. The maximum Gasteiger partial charge on any atom is 0.328 e. The lowest BCUT2D eigenvalue weighted by Crippen LogP contribution is -2.43. The molecule has 3 rings (SSSR count). The number of carbonyl (C=O) groups is 2. The van der Waals surface area contributed by atoms with Crippen LogP contribution in [0.15, 0.2) is 30.4 Å². The molecule has 110 valence electrons. The molecular weight excluding hydrogens is 266 g/mol. The molecule has 0 saturated carbocycles. The first-order valence-electron chi connectivity index (χ1n) is 7.36. The van der Waals surface area contributed by atoms with Crippen molar-refractivity contribution in [1.82, 2.24) is 0 Å². The number of benzene rings is 1. The second-order valence-corrected chi connectivity index (χ2v) is 5.59. The van der Waals surface area contributed by atoms with E-state index in [-0.39, 0.29) is 29.6 Å². The molecular formula is C17H19NO3. The van der Waals surface area contributed by atoms with Gasteiger partial charge in [-0.15, -0.1) is 0 Å². The minimum atomic E-state index is -0.319. The highest BCUT2D eigenvalue weighted by Gasteiger charge is 2.41. The van der Waals surface area contributed by atoms with E-state index in [1.807, 2.05) is 19.1 Å². The molecule has 0 aromatic heterocycles. The van der Waals surface area contributed by atoms with Gasteiger partial charge in [-0.05, 0) is 44.0 Å². The Morgan fingerprint density at radius 3 is 2.90 bits per heavy atom. The van der Waals surface area contributed by atoms with Gasteiger partial charge in [0.15, 0.2) is 5.78 Å². The van der Waals surface area contributed by atoms with Gasteiger partial charge in [0.1, 0.15) is 6.04 Å². The van der Waals surface area contributed by atoms with Crippen LogP contribution in [0, 0.1) is 5.92 Å². The number of nitrogens with one attached hydrogen (secondary N) is 1. The van der Waals surface area contributed by atoms with Crippen molar-refractivity contribution in [3.63, 3.8) is 0 Å². The van der Waals surface area contributed by atoms with Gasteiger partial charge < -0.3 is 10.1 Å². The maximum absolute atomic E-state index is 12.2. The van der Waals surface area contributed by atoms with E-state index in [1.165, 1.54) is 0 Å². The van der Waals surface area contributed by atoms with Crippen molar-refractivity contribution in [1.29, 1.82) is 0 Å². The molecule has 1 N–H and O–H groups in total. The van der Waals surface area contributed by atoms with E-state index in [2.05, 4.69) is 17.5 Å². The first-order valence-corrected chi connectivity index (χ1v) is 7.36. The van der Waals surface area contributed by atoms with Crippen molar-refractivity contribution < 1.29 is 14.3 Å². The zero-order chi connectivity index (χ0) is 15.0. The summed E-state index contributed by atoms with van der Waals surface area (Å²) in [5.74, 6) is 0.204. The molecule has 0 spiro atoms. The Morgan fingerprint density at radius 2 is 2.19 bits per heavy atom. The van der Waals surface area contributed by atoms with E-state index in [9.17, 15) is 9.59 Å². The average molecular weight is 285 g/mol. The van der Waals surface area contributed by atoms with Crippen LogP contribution in [0.1, 0.15) is 42.1 Å². The van der Waals surface area contributed by atoms with Gasteiger partial charge in [0, 0.05) is 23.1 Å². The Bertz CT molecular complexity index is 620. The number of hydrogen-bond acceptors (Lipinski definition) is 4. The smallest absolute Gasteiger partial charge is 0.328 e. The van der Waals surface area contributed by atoms with Crippen LogP contribution in [0.2, 0.25) is 0 Å². The van der Waals surface area contributed by atoms with Crippen LogP contribution in [0.4, 0.5) is 5.69 Å². The zero-order valence-electron chi connectivity index (χ0n) is 12.3. The van der Waals surface area contributed by atoms with Crippen molar-refractivity contribution in [2.75, 3.05) is 11.9 Å². The third kappa shape index (κ3) is 2.35. The summed E-state index contributed by atoms with van der Waals surface area (Å²) in [5.41, 5.74) is 2.73. The van der Waals surface area contributed by atoms with Crippen LogP contribution >= 0.6 is 0 Å². The molecule has 2 aliphatic rings. The Balaban J connectivity index is 1.98. The molecule has 0 bridgehead atoms. The predicted molar refractivity (Wildman–Crippen MR) is 80.5 cm³/mol. The Hall–Kier alpha value is -2.10. The van der Waals surface area contributed by atoms with Crippen LogP contribution in [-0.2, 0) is 9.53 Å². The molecule has 1 aromatic rings. The minimum Gasteiger partial charge on any atom is -0.464 e. The SMILES string of the molecule is CCOC(=O)[C@@H]1Nc2ccc(C(C)=O)cc2[C@H]2C=CC[C@@H]21. The Labute approximate surface area is 124 Å². The lowest BCUT2D eigenvalue weighted by atomic mass is 9.78. The first kappa shape index (κ1) is 13.9. The van der Waals surface area contributed by atoms with Crippen LogP contribution in [0.5, 0.6) is 0 Å². The maximum atomic E-state index is 12.2. The van der Waals surface area contributed by atoms with Crippen molar-refractivity contribution >= 4 is 17.4 Å². The lowest BCUT2D eigenvalue weighted by molar-refractivity contribution is -0.145. The fraction of sp³-hybridized carbons (Fsp3) is 0.412.